The van der Waals surface area contributed by atoms with Crippen molar-refractivity contribution in [2.24, 2.45) is 0 Å². The van der Waals surface area contributed by atoms with Gasteiger partial charge in [-0.2, -0.15) is 0 Å². The van der Waals surface area contributed by atoms with Gasteiger partial charge in [0.15, 0.2) is 11.6 Å². The van der Waals surface area contributed by atoms with Crippen molar-refractivity contribution in [3.63, 3.8) is 0 Å². The number of aryl methyl sites for hydroxylation is 1. The van der Waals surface area contributed by atoms with Crippen molar-refractivity contribution in [3.05, 3.63) is 58.9 Å². The van der Waals surface area contributed by atoms with Crippen LogP contribution in [0.25, 0.3) is 0 Å². The molecule has 0 aliphatic rings. The van der Waals surface area contributed by atoms with Crippen LogP contribution in [-0.2, 0) is 0 Å². The Hall–Kier alpha value is -2.01. The molecule has 1 unspecified atom stereocenters. The largest absolute Gasteiger partial charge is 0.454 e. The fourth-order valence-corrected chi connectivity index (χ4v) is 1.93. The summed E-state index contributed by atoms with van der Waals surface area (Å²) in [5, 5.41) is 2.97. The maximum Gasteiger partial charge on any atom is 0.165 e. The van der Waals surface area contributed by atoms with Gasteiger partial charge in [0, 0.05) is 17.7 Å². The first-order valence-electron chi connectivity index (χ1n) is 6.52. The van der Waals surface area contributed by atoms with Crippen LogP contribution in [0.4, 0.5) is 13.2 Å². The van der Waals surface area contributed by atoms with Gasteiger partial charge >= 0.3 is 0 Å². The monoisotopic (exact) mass is 295 g/mol. The summed E-state index contributed by atoms with van der Waals surface area (Å²) in [5.74, 6) is -1.60. The number of benzene rings is 2. The Balaban J connectivity index is 2.47. The summed E-state index contributed by atoms with van der Waals surface area (Å²) in [7, 11) is 1.72. The zero-order chi connectivity index (χ0) is 15.6. The van der Waals surface area contributed by atoms with Gasteiger partial charge < -0.3 is 10.1 Å². The van der Waals surface area contributed by atoms with Crippen LogP contribution in [0.1, 0.15) is 24.1 Å². The van der Waals surface area contributed by atoms with E-state index in [-0.39, 0.29) is 17.6 Å². The first kappa shape index (κ1) is 15.4. The Bertz CT molecular complexity index is 658. The minimum absolute atomic E-state index is 0.202. The van der Waals surface area contributed by atoms with Crippen molar-refractivity contribution in [1.82, 2.24) is 5.32 Å². The second-order valence-corrected chi connectivity index (χ2v) is 4.83. The van der Waals surface area contributed by atoms with E-state index in [0.29, 0.717) is 16.9 Å². The van der Waals surface area contributed by atoms with E-state index in [9.17, 15) is 13.2 Å². The number of rotatable bonds is 4. The lowest BCUT2D eigenvalue weighted by molar-refractivity contribution is 0.424. The molecule has 0 amide bonds. The molecule has 0 saturated carbocycles. The van der Waals surface area contributed by atoms with Crippen molar-refractivity contribution in [1.29, 1.82) is 0 Å². The molecule has 0 heterocycles. The molecular weight excluding hydrogens is 279 g/mol. The first-order chi connectivity index (χ1) is 9.92. The highest BCUT2D eigenvalue weighted by atomic mass is 19.1. The lowest BCUT2D eigenvalue weighted by Gasteiger charge is -2.18. The zero-order valence-electron chi connectivity index (χ0n) is 12.0. The van der Waals surface area contributed by atoms with Gasteiger partial charge in [-0.15, -0.1) is 0 Å². The van der Waals surface area contributed by atoms with Gasteiger partial charge in [-0.05, 0) is 50.7 Å². The molecule has 0 radical (unpaired) electrons. The van der Waals surface area contributed by atoms with E-state index in [1.165, 1.54) is 12.1 Å². The van der Waals surface area contributed by atoms with Gasteiger partial charge in [0.2, 0.25) is 0 Å². The Kier molecular flexibility index (Phi) is 4.53. The highest BCUT2D eigenvalue weighted by molar-refractivity contribution is 5.43. The fraction of sp³-hybridized carbons (Fsp3) is 0.250. The van der Waals surface area contributed by atoms with Crippen molar-refractivity contribution in [3.8, 4) is 11.5 Å². The van der Waals surface area contributed by atoms with E-state index in [0.717, 1.165) is 18.2 Å². The number of halogens is 3. The van der Waals surface area contributed by atoms with E-state index in [2.05, 4.69) is 5.32 Å². The molecule has 21 heavy (non-hydrogen) atoms. The van der Waals surface area contributed by atoms with Crippen LogP contribution in [0.5, 0.6) is 11.5 Å². The van der Waals surface area contributed by atoms with Gasteiger partial charge in [-0.25, -0.2) is 13.2 Å². The van der Waals surface area contributed by atoms with Crippen molar-refractivity contribution in [2.75, 3.05) is 7.05 Å². The number of nitrogens with one attached hydrogen (secondary N) is 1. The Morgan fingerprint density at radius 1 is 1.00 bits per heavy atom. The molecule has 5 heteroatoms. The third-order valence-corrected chi connectivity index (χ3v) is 3.30. The fourth-order valence-electron chi connectivity index (χ4n) is 1.93. The van der Waals surface area contributed by atoms with Gasteiger partial charge in [0.25, 0.3) is 0 Å². The summed E-state index contributed by atoms with van der Waals surface area (Å²) >= 11 is 0. The van der Waals surface area contributed by atoms with Crippen LogP contribution in [0.3, 0.4) is 0 Å². The summed E-state index contributed by atoms with van der Waals surface area (Å²) in [6, 6.07) is 5.57. The minimum atomic E-state index is -0.679. The van der Waals surface area contributed by atoms with Crippen molar-refractivity contribution >= 4 is 0 Å². The zero-order valence-corrected chi connectivity index (χ0v) is 12.0. The van der Waals surface area contributed by atoms with Gasteiger partial charge in [-0.1, -0.05) is 0 Å². The Morgan fingerprint density at radius 3 is 2.38 bits per heavy atom. The lowest BCUT2D eigenvalue weighted by atomic mass is 10.0. The molecule has 0 spiro atoms. The lowest BCUT2D eigenvalue weighted by Crippen LogP contribution is -2.14. The molecule has 0 aliphatic carbocycles. The molecule has 0 saturated heterocycles. The van der Waals surface area contributed by atoms with Crippen LogP contribution < -0.4 is 10.1 Å². The summed E-state index contributed by atoms with van der Waals surface area (Å²) in [6.45, 7) is 3.40. The summed E-state index contributed by atoms with van der Waals surface area (Å²) in [6.07, 6.45) is 0. The quantitative estimate of drug-likeness (QED) is 0.897. The van der Waals surface area contributed by atoms with Crippen LogP contribution in [0.15, 0.2) is 30.3 Å². The molecule has 2 aromatic rings. The summed E-state index contributed by atoms with van der Waals surface area (Å²) < 4.78 is 46.0. The van der Waals surface area contributed by atoms with E-state index in [1.807, 2.05) is 6.92 Å². The number of hydrogen-bond acceptors (Lipinski definition) is 2. The van der Waals surface area contributed by atoms with Gasteiger partial charge in [-0.3, -0.25) is 0 Å². The first-order valence-corrected chi connectivity index (χ1v) is 6.52. The standard InChI is InChI=1S/C16H16F3NO/c1-9-6-15(12(8-14(9)19)10(2)20-3)21-16-7-11(17)4-5-13(16)18/h4-8,10,20H,1-3H3. The number of hydrogen-bond donors (Lipinski definition) is 1. The summed E-state index contributed by atoms with van der Waals surface area (Å²) in [5.41, 5.74) is 0.901. The Morgan fingerprint density at radius 2 is 1.71 bits per heavy atom. The van der Waals surface area contributed by atoms with E-state index in [1.54, 1.807) is 14.0 Å². The predicted octanol–water partition coefficient (Wildman–Crippen LogP) is 4.49. The minimum Gasteiger partial charge on any atom is -0.454 e. The van der Waals surface area contributed by atoms with Crippen molar-refractivity contribution in [2.45, 2.75) is 19.9 Å². The highest BCUT2D eigenvalue weighted by Gasteiger charge is 2.16. The predicted molar refractivity (Wildman–Crippen MR) is 75.0 cm³/mol. The van der Waals surface area contributed by atoms with E-state index >= 15 is 0 Å². The SMILES string of the molecule is CNC(C)c1cc(F)c(C)cc1Oc1cc(F)ccc1F. The molecule has 2 nitrogen and oxygen atoms in total. The Labute approximate surface area is 121 Å². The third kappa shape index (κ3) is 3.36. The molecule has 2 aromatic carbocycles. The van der Waals surface area contributed by atoms with Crippen molar-refractivity contribution < 1.29 is 17.9 Å². The normalized spacial score (nSPS) is 12.3. The third-order valence-electron chi connectivity index (χ3n) is 3.30. The summed E-state index contributed by atoms with van der Waals surface area (Å²) in [4.78, 5) is 0. The molecule has 1 atom stereocenters. The average Bonchev–Trinajstić information content (AvgIpc) is 2.45. The molecule has 0 aliphatic heterocycles. The van der Waals surface area contributed by atoms with E-state index < -0.39 is 11.6 Å². The smallest absolute Gasteiger partial charge is 0.165 e. The average molecular weight is 295 g/mol. The molecule has 2 rings (SSSR count). The van der Waals surface area contributed by atoms with Gasteiger partial charge in [0.1, 0.15) is 17.4 Å². The number of ether oxygens (including phenoxy) is 1. The molecule has 0 aromatic heterocycles. The van der Waals surface area contributed by atoms with Crippen LogP contribution in [0.2, 0.25) is 0 Å². The topological polar surface area (TPSA) is 21.3 Å². The second kappa shape index (κ2) is 6.18. The highest BCUT2D eigenvalue weighted by Crippen LogP contribution is 2.33. The molecule has 0 bridgehead atoms. The van der Waals surface area contributed by atoms with Gasteiger partial charge in [0.05, 0.1) is 0 Å². The van der Waals surface area contributed by atoms with Crippen LogP contribution in [-0.4, -0.2) is 7.05 Å². The van der Waals surface area contributed by atoms with Crippen LogP contribution >= 0.6 is 0 Å². The molecule has 1 N–H and O–H groups in total. The maximum absolute atomic E-state index is 13.7. The second-order valence-electron chi connectivity index (χ2n) is 4.83. The van der Waals surface area contributed by atoms with Crippen LogP contribution in [0, 0.1) is 24.4 Å². The molecular formula is C16H16F3NO. The van der Waals surface area contributed by atoms with E-state index in [4.69, 9.17) is 4.74 Å². The maximum atomic E-state index is 13.7. The molecule has 112 valence electrons. The molecule has 0 fully saturated rings.